The van der Waals surface area contributed by atoms with Crippen molar-refractivity contribution in [1.29, 1.82) is 0 Å². The van der Waals surface area contributed by atoms with E-state index in [0.717, 1.165) is 23.4 Å². The van der Waals surface area contributed by atoms with Gasteiger partial charge in [0, 0.05) is 26.2 Å². The Morgan fingerprint density at radius 3 is 2.68 bits per heavy atom. The topological polar surface area (TPSA) is 106 Å². The van der Waals surface area contributed by atoms with E-state index in [-0.39, 0.29) is 16.0 Å². The number of hydrogen-bond donors (Lipinski definition) is 4. The van der Waals surface area contributed by atoms with Crippen molar-refractivity contribution in [3.8, 4) is 5.75 Å². The number of nitrogens with one attached hydrogen (secondary N) is 2. The molecule has 1 aromatic heterocycles. The van der Waals surface area contributed by atoms with Gasteiger partial charge in [0.1, 0.15) is 11.3 Å². The zero-order valence-corrected chi connectivity index (χ0v) is 15.6. The van der Waals surface area contributed by atoms with E-state index < -0.39 is 6.09 Å². The first-order valence-corrected chi connectivity index (χ1v) is 9.01. The van der Waals surface area contributed by atoms with Crippen molar-refractivity contribution in [2.75, 3.05) is 26.2 Å². The Morgan fingerprint density at radius 1 is 1.32 bits per heavy atom. The molecule has 0 aliphatic heterocycles. The molecule has 4 N–H and O–H groups in total. The summed E-state index contributed by atoms with van der Waals surface area (Å²) in [4.78, 5) is 26.7. The maximum Gasteiger partial charge on any atom is 0.407 e. The van der Waals surface area contributed by atoms with Crippen LogP contribution in [0, 0.1) is 5.41 Å². The number of phenolic OH excluding ortho intramolecular Hbond substituents is 1. The molecule has 0 saturated heterocycles. The molecular formula is C17H25N3O4S. The maximum absolute atomic E-state index is 11.5. The van der Waals surface area contributed by atoms with Crippen LogP contribution in [0.25, 0.3) is 10.2 Å². The van der Waals surface area contributed by atoms with Gasteiger partial charge in [0.05, 0.1) is 4.70 Å². The highest BCUT2D eigenvalue weighted by Crippen LogP contribution is 2.28. The second kappa shape index (κ2) is 7.88. The second-order valence-electron chi connectivity index (χ2n) is 7.22. The molecule has 0 aliphatic carbocycles. The zero-order valence-electron chi connectivity index (χ0n) is 14.8. The summed E-state index contributed by atoms with van der Waals surface area (Å²) in [6.45, 7) is 8.49. The number of aromatic nitrogens is 1. The SMILES string of the molecule is CC(C)(C)CNCCN(CCc1ccc(O)c2[nH]c(=O)sc12)C(=O)O. The van der Waals surface area contributed by atoms with Crippen molar-refractivity contribution in [1.82, 2.24) is 15.2 Å². The van der Waals surface area contributed by atoms with Crippen LogP contribution < -0.4 is 10.2 Å². The van der Waals surface area contributed by atoms with Gasteiger partial charge in [-0.25, -0.2) is 4.79 Å². The summed E-state index contributed by atoms with van der Waals surface area (Å²) in [5.74, 6) is 0.0265. The number of fused-ring (bicyclic) bond motifs is 1. The molecule has 0 atom stereocenters. The first-order chi connectivity index (χ1) is 11.7. The maximum atomic E-state index is 11.5. The zero-order chi connectivity index (χ0) is 18.6. The van der Waals surface area contributed by atoms with Crippen LogP contribution in [0.4, 0.5) is 4.79 Å². The molecular weight excluding hydrogens is 342 g/mol. The van der Waals surface area contributed by atoms with E-state index in [0.29, 0.717) is 36.3 Å². The van der Waals surface area contributed by atoms with Gasteiger partial charge in [-0.15, -0.1) is 0 Å². The summed E-state index contributed by atoms with van der Waals surface area (Å²) in [6, 6.07) is 3.26. The molecule has 8 heteroatoms. The first kappa shape index (κ1) is 19.3. The van der Waals surface area contributed by atoms with Crippen molar-refractivity contribution < 1.29 is 15.0 Å². The van der Waals surface area contributed by atoms with Crippen LogP contribution in [-0.4, -0.2) is 52.4 Å². The normalized spacial score (nSPS) is 11.8. The average Bonchev–Trinajstić information content (AvgIpc) is 2.89. The van der Waals surface area contributed by atoms with Gasteiger partial charge in [-0.3, -0.25) is 4.79 Å². The third-order valence-corrected chi connectivity index (χ3v) is 4.73. The molecule has 0 unspecified atom stereocenters. The number of carbonyl (C=O) groups is 1. The quantitative estimate of drug-likeness (QED) is 0.563. The number of phenols is 1. The summed E-state index contributed by atoms with van der Waals surface area (Å²) >= 11 is 1.03. The number of aromatic hydroxyl groups is 1. The minimum Gasteiger partial charge on any atom is -0.506 e. The minimum atomic E-state index is -0.963. The van der Waals surface area contributed by atoms with Gasteiger partial charge in [0.25, 0.3) is 0 Å². The number of H-pyrrole nitrogens is 1. The number of thiazole rings is 1. The van der Waals surface area contributed by atoms with Gasteiger partial charge in [-0.1, -0.05) is 38.2 Å². The second-order valence-corrected chi connectivity index (χ2v) is 8.20. The third kappa shape index (κ3) is 5.47. The Labute approximate surface area is 150 Å². The summed E-state index contributed by atoms with van der Waals surface area (Å²) in [5, 5.41) is 22.5. The van der Waals surface area contributed by atoms with E-state index in [1.54, 1.807) is 6.07 Å². The molecule has 2 aromatic rings. The predicted molar refractivity (Wildman–Crippen MR) is 99.7 cm³/mol. The monoisotopic (exact) mass is 367 g/mol. The van der Waals surface area contributed by atoms with Crippen LogP contribution >= 0.6 is 11.3 Å². The number of aromatic amines is 1. The van der Waals surface area contributed by atoms with Crippen LogP contribution in [0.1, 0.15) is 26.3 Å². The summed E-state index contributed by atoms with van der Waals surface area (Å²) in [5.41, 5.74) is 1.42. The molecule has 0 aliphatic rings. The Bertz CT molecular complexity index is 791. The number of nitrogens with zero attached hydrogens (tertiary/aromatic N) is 1. The van der Waals surface area contributed by atoms with Crippen molar-refractivity contribution >= 4 is 27.6 Å². The molecule has 7 nitrogen and oxygen atoms in total. The van der Waals surface area contributed by atoms with E-state index in [2.05, 4.69) is 31.1 Å². The molecule has 25 heavy (non-hydrogen) atoms. The number of carboxylic acid groups (broad SMARTS) is 1. The largest absolute Gasteiger partial charge is 0.506 e. The molecule has 2 rings (SSSR count). The lowest BCUT2D eigenvalue weighted by atomic mass is 9.97. The van der Waals surface area contributed by atoms with E-state index in [4.69, 9.17) is 0 Å². The molecule has 1 aromatic carbocycles. The molecule has 0 spiro atoms. The Kier molecular flexibility index (Phi) is 6.07. The van der Waals surface area contributed by atoms with Crippen molar-refractivity contribution in [3.63, 3.8) is 0 Å². The van der Waals surface area contributed by atoms with Crippen molar-refractivity contribution in [2.45, 2.75) is 27.2 Å². The van der Waals surface area contributed by atoms with Gasteiger partial charge in [-0.05, 0) is 23.5 Å². The summed E-state index contributed by atoms with van der Waals surface area (Å²) in [7, 11) is 0. The standard InChI is InChI=1S/C17H25N3O4S/c1-17(2,3)10-18-7-9-20(16(23)24)8-6-11-4-5-12(21)13-14(11)25-15(22)19-13/h4-5,18,21H,6-10H2,1-3H3,(H,19,22)(H,23,24). The molecule has 0 fully saturated rings. The number of rotatable bonds is 7. The van der Waals surface area contributed by atoms with Gasteiger partial charge < -0.3 is 25.4 Å². The molecule has 0 bridgehead atoms. The smallest absolute Gasteiger partial charge is 0.407 e. The fourth-order valence-corrected chi connectivity index (χ4v) is 3.40. The molecule has 1 heterocycles. The van der Waals surface area contributed by atoms with Crippen LogP contribution in [0.3, 0.4) is 0 Å². The number of benzene rings is 1. The fourth-order valence-electron chi connectivity index (χ4n) is 2.51. The molecule has 0 saturated carbocycles. The van der Waals surface area contributed by atoms with Gasteiger partial charge in [0.15, 0.2) is 0 Å². The highest BCUT2D eigenvalue weighted by Gasteiger charge is 2.15. The minimum absolute atomic E-state index is 0.0265. The summed E-state index contributed by atoms with van der Waals surface area (Å²) < 4.78 is 0.682. The van der Waals surface area contributed by atoms with E-state index >= 15 is 0 Å². The summed E-state index contributed by atoms with van der Waals surface area (Å²) in [6.07, 6.45) is -0.481. The van der Waals surface area contributed by atoms with Gasteiger partial charge in [0.2, 0.25) is 0 Å². The van der Waals surface area contributed by atoms with E-state index in [9.17, 15) is 19.8 Å². The highest BCUT2D eigenvalue weighted by molar-refractivity contribution is 7.16. The Balaban J connectivity index is 1.98. The predicted octanol–water partition coefficient (Wildman–Crippen LogP) is 2.45. The fraction of sp³-hybridized carbons (Fsp3) is 0.529. The lowest BCUT2D eigenvalue weighted by Crippen LogP contribution is -2.39. The van der Waals surface area contributed by atoms with Crippen LogP contribution in [0.2, 0.25) is 0 Å². The average molecular weight is 367 g/mol. The first-order valence-electron chi connectivity index (χ1n) is 8.19. The van der Waals surface area contributed by atoms with Crippen LogP contribution in [0.5, 0.6) is 5.75 Å². The lowest BCUT2D eigenvalue weighted by molar-refractivity contribution is 0.145. The molecule has 0 radical (unpaired) electrons. The molecule has 138 valence electrons. The van der Waals surface area contributed by atoms with Crippen molar-refractivity contribution in [3.05, 3.63) is 27.4 Å². The van der Waals surface area contributed by atoms with E-state index in [1.165, 1.54) is 11.0 Å². The Hall–Kier alpha value is -2.06. The van der Waals surface area contributed by atoms with Gasteiger partial charge in [-0.2, -0.15) is 0 Å². The highest BCUT2D eigenvalue weighted by atomic mass is 32.1. The van der Waals surface area contributed by atoms with Gasteiger partial charge >= 0.3 is 11.0 Å². The molecule has 1 amide bonds. The number of amides is 1. The van der Waals surface area contributed by atoms with Crippen LogP contribution in [-0.2, 0) is 6.42 Å². The van der Waals surface area contributed by atoms with Crippen LogP contribution in [0.15, 0.2) is 16.9 Å². The van der Waals surface area contributed by atoms with E-state index in [1.807, 2.05) is 0 Å². The lowest BCUT2D eigenvalue weighted by Gasteiger charge is -2.22. The number of hydrogen-bond acceptors (Lipinski definition) is 5. The van der Waals surface area contributed by atoms with Crippen molar-refractivity contribution in [2.24, 2.45) is 5.41 Å². The Morgan fingerprint density at radius 2 is 2.04 bits per heavy atom. The third-order valence-electron chi connectivity index (χ3n) is 3.77.